The minimum absolute atomic E-state index is 0.0525. The monoisotopic (exact) mass is 533 g/mol. The zero-order chi connectivity index (χ0) is 25.7. The SMILES string of the molecule is COc1ccc(C2CC(C(=O)NN3CCCCC3COCC(N)=O)=NN2c2ccc(Cl)cc2Cl)cc1. The number of benzene rings is 2. The molecule has 2 aliphatic heterocycles. The van der Waals surface area contributed by atoms with Crippen molar-refractivity contribution in [3.05, 3.63) is 58.1 Å². The van der Waals surface area contributed by atoms with Crippen molar-refractivity contribution >= 4 is 46.4 Å². The average molecular weight is 534 g/mol. The molecular weight excluding hydrogens is 505 g/mol. The number of rotatable bonds is 9. The number of carbonyl (C=O) groups excluding carboxylic acids is 2. The van der Waals surface area contributed by atoms with Gasteiger partial charge in [0.2, 0.25) is 5.91 Å². The Kier molecular flexibility index (Phi) is 8.68. The Morgan fingerprint density at radius 1 is 1.17 bits per heavy atom. The largest absolute Gasteiger partial charge is 0.497 e. The number of nitrogens with zero attached hydrogens (tertiary/aromatic N) is 3. The van der Waals surface area contributed by atoms with Crippen molar-refractivity contribution in [2.45, 2.75) is 37.8 Å². The quantitative estimate of drug-likeness (QED) is 0.508. The van der Waals surface area contributed by atoms with Gasteiger partial charge in [0.1, 0.15) is 18.1 Å². The fraction of sp³-hybridized carbons (Fsp3) is 0.400. The van der Waals surface area contributed by atoms with Crippen LogP contribution >= 0.6 is 23.2 Å². The number of methoxy groups -OCH3 is 1. The standard InChI is InChI=1S/C25H29Cl2N5O4/c1-35-19-8-5-16(6-9-19)23-13-21(29-32(23)22-10-7-17(26)12-20(22)27)25(34)30-31-11-3-2-4-18(31)14-36-15-24(28)33/h5-10,12,18,23H,2-4,11,13-15H2,1H3,(H2,28,33)(H,30,34). The normalized spacial score (nSPS) is 20.2. The molecule has 0 bridgehead atoms. The molecule has 0 spiro atoms. The van der Waals surface area contributed by atoms with Gasteiger partial charge in [-0.1, -0.05) is 41.8 Å². The molecule has 3 N–H and O–H groups in total. The Balaban J connectivity index is 1.54. The van der Waals surface area contributed by atoms with Gasteiger partial charge in [0, 0.05) is 18.0 Å². The number of piperidine rings is 1. The molecule has 2 atom stereocenters. The van der Waals surface area contributed by atoms with E-state index in [-0.39, 0.29) is 24.6 Å². The molecule has 2 aliphatic rings. The summed E-state index contributed by atoms with van der Waals surface area (Å²) in [6, 6.07) is 12.5. The summed E-state index contributed by atoms with van der Waals surface area (Å²) in [7, 11) is 1.61. The highest BCUT2D eigenvalue weighted by atomic mass is 35.5. The van der Waals surface area contributed by atoms with Crippen molar-refractivity contribution in [1.29, 1.82) is 0 Å². The molecule has 2 aromatic carbocycles. The molecule has 11 heteroatoms. The number of primary amides is 1. The molecular formula is C25H29Cl2N5O4. The number of nitrogens with two attached hydrogens (primary N) is 1. The van der Waals surface area contributed by atoms with Crippen molar-refractivity contribution in [2.75, 3.05) is 31.9 Å². The van der Waals surface area contributed by atoms with E-state index in [1.807, 2.05) is 29.3 Å². The summed E-state index contributed by atoms with van der Waals surface area (Å²) >= 11 is 12.6. The molecule has 0 aliphatic carbocycles. The lowest BCUT2D eigenvalue weighted by atomic mass is 10.0. The van der Waals surface area contributed by atoms with Crippen LogP contribution in [0.3, 0.4) is 0 Å². The summed E-state index contributed by atoms with van der Waals surface area (Å²) in [6.07, 6.45) is 3.18. The molecule has 1 saturated heterocycles. The highest BCUT2D eigenvalue weighted by molar-refractivity contribution is 6.40. The molecule has 36 heavy (non-hydrogen) atoms. The third kappa shape index (κ3) is 6.28. The third-order valence-electron chi connectivity index (χ3n) is 6.26. The molecule has 2 aromatic rings. The number of ether oxygens (including phenoxy) is 2. The first-order valence-corrected chi connectivity index (χ1v) is 12.5. The Morgan fingerprint density at radius 3 is 2.64 bits per heavy atom. The fourth-order valence-electron chi connectivity index (χ4n) is 4.43. The number of amides is 2. The minimum atomic E-state index is -0.521. The highest BCUT2D eigenvalue weighted by Crippen LogP contribution is 2.40. The Bertz CT molecular complexity index is 1130. The summed E-state index contributed by atoms with van der Waals surface area (Å²) < 4.78 is 10.7. The molecule has 0 radical (unpaired) electrons. The van der Waals surface area contributed by atoms with Gasteiger partial charge in [0.15, 0.2) is 0 Å². The van der Waals surface area contributed by atoms with Gasteiger partial charge in [-0.05, 0) is 48.7 Å². The van der Waals surface area contributed by atoms with Crippen LogP contribution in [0.15, 0.2) is 47.6 Å². The van der Waals surface area contributed by atoms with E-state index in [1.165, 1.54) is 0 Å². The van der Waals surface area contributed by atoms with E-state index < -0.39 is 5.91 Å². The van der Waals surface area contributed by atoms with Crippen LogP contribution in [0.25, 0.3) is 0 Å². The zero-order valence-corrected chi connectivity index (χ0v) is 21.5. The van der Waals surface area contributed by atoms with E-state index in [0.29, 0.717) is 41.0 Å². The van der Waals surface area contributed by atoms with Gasteiger partial charge in [0.25, 0.3) is 5.91 Å². The van der Waals surface area contributed by atoms with Crippen molar-refractivity contribution in [1.82, 2.24) is 10.4 Å². The molecule has 192 valence electrons. The Hall–Kier alpha value is -2.85. The van der Waals surface area contributed by atoms with Crippen LogP contribution in [0.2, 0.25) is 10.0 Å². The summed E-state index contributed by atoms with van der Waals surface area (Å²) in [4.78, 5) is 24.4. The van der Waals surface area contributed by atoms with Crippen LogP contribution in [0, 0.1) is 0 Å². The molecule has 2 heterocycles. The maximum absolute atomic E-state index is 13.3. The summed E-state index contributed by atoms with van der Waals surface area (Å²) in [5.74, 6) is -0.0727. The Labute approximate surface area is 220 Å². The maximum atomic E-state index is 13.3. The predicted octanol–water partition coefficient (Wildman–Crippen LogP) is 3.70. The lowest BCUT2D eigenvalue weighted by Gasteiger charge is -2.35. The van der Waals surface area contributed by atoms with Crippen molar-refractivity contribution in [3.63, 3.8) is 0 Å². The topological polar surface area (TPSA) is 109 Å². The molecule has 0 aromatic heterocycles. The van der Waals surface area contributed by atoms with Crippen molar-refractivity contribution in [3.8, 4) is 5.75 Å². The molecule has 1 fully saturated rings. The number of carbonyl (C=O) groups is 2. The second-order valence-electron chi connectivity index (χ2n) is 8.75. The minimum Gasteiger partial charge on any atom is -0.497 e. The summed E-state index contributed by atoms with van der Waals surface area (Å²) in [5, 5.41) is 9.27. The number of hydrazone groups is 1. The third-order valence-corrected chi connectivity index (χ3v) is 6.79. The number of hydrogen-bond donors (Lipinski definition) is 2. The number of hydrazine groups is 1. The van der Waals surface area contributed by atoms with Gasteiger partial charge in [-0.25, -0.2) is 5.01 Å². The molecule has 9 nitrogen and oxygen atoms in total. The first-order chi connectivity index (χ1) is 17.4. The fourth-order valence-corrected chi connectivity index (χ4v) is 4.93. The van der Waals surface area contributed by atoms with E-state index in [1.54, 1.807) is 30.3 Å². The molecule has 4 rings (SSSR count). The Morgan fingerprint density at radius 2 is 1.94 bits per heavy atom. The van der Waals surface area contributed by atoms with Crippen LogP contribution in [0.4, 0.5) is 5.69 Å². The average Bonchev–Trinajstić information content (AvgIpc) is 3.30. The predicted molar refractivity (Wildman–Crippen MR) is 139 cm³/mol. The smallest absolute Gasteiger partial charge is 0.281 e. The first-order valence-electron chi connectivity index (χ1n) is 11.7. The van der Waals surface area contributed by atoms with Crippen LogP contribution < -0.4 is 20.9 Å². The number of nitrogens with one attached hydrogen (secondary N) is 1. The van der Waals surface area contributed by atoms with Gasteiger partial charge in [0.05, 0.1) is 36.5 Å². The van der Waals surface area contributed by atoms with E-state index in [0.717, 1.165) is 30.6 Å². The van der Waals surface area contributed by atoms with Crippen LogP contribution in [-0.2, 0) is 14.3 Å². The van der Waals surface area contributed by atoms with Crippen molar-refractivity contribution in [2.24, 2.45) is 10.8 Å². The molecule has 2 unspecified atom stereocenters. The van der Waals surface area contributed by atoms with Crippen LogP contribution in [0.1, 0.15) is 37.3 Å². The van der Waals surface area contributed by atoms with Crippen molar-refractivity contribution < 1.29 is 19.1 Å². The number of halogens is 2. The van der Waals surface area contributed by atoms with E-state index >= 15 is 0 Å². The van der Waals surface area contributed by atoms with Gasteiger partial charge in [-0.3, -0.25) is 20.0 Å². The second kappa shape index (κ2) is 11.9. The maximum Gasteiger partial charge on any atom is 0.281 e. The van der Waals surface area contributed by atoms with Crippen LogP contribution in [-0.4, -0.2) is 55.4 Å². The highest BCUT2D eigenvalue weighted by Gasteiger charge is 2.35. The van der Waals surface area contributed by atoms with Crippen LogP contribution in [0.5, 0.6) is 5.75 Å². The van der Waals surface area contributed by atoms with E-state index in [4.69, 9.17) is 38.4 Å². The first kappa shape index (κ1) is 26.2. The van der Waals surface area contributed by atoms with E-state index in [9.17, 15) is 9.59 Å². The van der Waals surface area contributed by atoms with Gasteiger partial charge in [-0.15, -0.1) is 0 Å². The van der Waals surface area contributed by atoms with Gasteiger partial charge < -0.3 is 15.2 Å². The lowest BCUT2D eigenvalue weighted by molar-refractivity contribution is -0.126. The number of anilines is 1. The molecule has 2 amide bonds. The van der Waals surface area contributed by atoms with E-state index in [2.05, 4.69) is 10.5 Å². The van der Waals surface area contributed by atoms with Gasteiger partial charge in [-0.2, -0.15) is 5.10 Å². The lowest BCUT2D eigenvalue weighted by Crippen LogP contribution is -2.54. The van der Waals surface area contributed by atoms with Gasteiger partial charge >= 0.3 is 0 Å². The summed E-state index contributed by atoms with van der Waals surface area (Å²) in [6.45, 7) is 0.834. The molecule has 0 saturated carbocycles. The summed E-state index contributed by atoms with van der Waals surface area (Å²) in [5.41, 5.74) is 10.2. The number of hydrogen-bond acceptors (Lipinski definition) is 7. The second-order valence-corrected chi connectivity index (χ2v) is 9.59. The zero-order valence-electron chi connectivity index (χ0n) is 20.0.